The fourth-order valence-electron chi connectivity index (χ4n) is 3.07. The molecular formula is C12H22N2O. The minimum atomic E-state index is -0.273. The van der Waals surface area contributed by atoms with Crippen LogP contribution in [0.4, 0.5) is 0 Å². The molecule has 3 nitrogen and oxygen atoms in total. The summed E-state index contributed by atoms with van der Waals surface area (Å²) in [5, 5.41) is 0. The predicted molar refractivity (Wildman–Crippen MR) is 60.3 cm³/mol. The van der Waals surface area contributed by atoms with Gasteiger partial charge in [0.15, 0.2) is 0 Å². The van der Waals surface area contributed by atoms with Crippen molar-refractivity contribution in [2.24, 2.45) is 11.7 Å². The summed E-state index contributed by atoms with van der Waals surface area (Å²) >= 11 is 0. The molecule has 2 aliphatic rings. The second-order valence-corrected chi connectivity index (χ2v) is 4.95. The number of rotatable bonds is 2. The molecule has 2 unspecified atom stereocenters. The zero-order valence-electron chi connectivity index (χ0n) is 9.61. The van der Waals surface area contributed by atoms with E-state index in [0.717, 1.165) is 18.9 Å². The number of amides is 1. The number of hydrogen-bond acceptors (Lipinski definition) is 2. The van der Waals surface area contributed by atoms with Crippen molar-refractivity contribution < 1.29 is 4.79 Å². The molecular weight excluding hydrogens is 188 g/mol. The molecule has 0 aromatic heterocycles. The van der Waals surface area contributed by atoms with Crippen LogP contribution >= 0.6 is 0 Å². The lowest BCUT2D eigenvalue weighted by Gasteiger charge is -2.32. The Morgan fingerprint density at radius 1 is 1.40 bits per heavy atom. The first-order valence-corrected chi connectivity index (χ1v) is 6.30. The normalized spacial score (nSPS) is 32.5. The van der Waals surface area contributed by atoms with Crippen molar-refractivity contribution in [1.29, 1.82) is 0 Å². The van der Waals surface area contributed by atoms with Gasteiger partial charge in [0.1, 0.15) is 0 Å². The summed E-state index contributed by atoms with van der Waals surface area (Å²) in [7, 11) is 0. The Labute approximate surface area is 92.0 Å². The first-order valence-electron chi connectivity index (χ1n) is 6.30. The zero-order valence-corrected chi connectivity index (χ0v) is 9.61. The first kappa shape index (κ1) is 10.9. The Kier molecular flexibility index (Phi) is 3.29. The SMILES string of the molecule is CC[C@H](N)C(=O)N1CCC2CCCCC21. The molecule has 1 saturated carbocycles. The van der Waals surface area contributed by atoms with Gasteiger partial charge in [0.05, 0.1) is 6.04 Å². The third kappa shape index (κ3) is 2.03. The van der Waals surface area contributed by atoms with E-state index in [1.54, 1.807) is 0 Å². The number of nitrogens with zero attached hydrogens (tertiary/aromatic N) is 1. The number of hydrogen-bond donors (Lipinski definition) is 1. The lowest BCUT2D eigenvalue weighted by molar-refractivity contribution is -0.134. The molecule has 0 aromatic rings. The van der Waals surface area contributed by atoms with Gasteiger partial charge in [0, 0.05) is 12.6 Å². The highest BCUT2D eigenvalue weighted by Crippen LogP contribution is 2.36. The van der Waals surface area contributed by atoms with Gasteiger partial charge in [-0.3, -0.25) is 4.79 Å². The summed E-state index contributed by atoms with van der Waals surface area (Å²) in [5.41, 5.74) is 5.83. The van der Waals surface area contributed by atoms with E-state index < -0.39 is 0 Å². The van der Waals surface area contributed by atoms with Crippen LogP contribution < -0.4 is 5.73 Å². The van der Waals surface area contributed by atoms with E-state index in [1.807, 2.05) is 6.92 Å². The number of carbonyl (C=O) groups is 1. The Morgan fingerprint density at radius 2 is 2.13 bits per heavy atom. The molecule has 1 saturated heterocycles. The van der Waals surface area contributed by atoms with Crippen molar-refractivity contribution in [1.82, 2.24) is 4.90 Å². The smallest absolute Gasteiger partial charge is 0.239 e. The van der Waals surface area contributed by atoms with Crippen molar-refractivity contribution in [2.75, 3.05) is 6.54 Å². The Hall–Kier alpha value is -0.570. The molecule has 3 atom stereocenters. The van der Waals surface area contributed by atoms with Crippen LogP contribution in [0, 0.1) is 5.92 Å². The lowest BCUT2D eigenvalue weighted by Crippen LogP contribution is -2.47. The monoisotopic (exact) mass is 210 g/mol. The van der Waals surface area contributed by atoms with Gasteiger partial charge in [-0.15, -0.1) is 0 Å². The number of likely N-dealkylation sites (tertiary alicyclic amines) is 1. The first-order chi connectivity index (χ1) is 7.24. The van der Waals surface area contributed by atoms with Gasteiger partial charge in [0.25, 0.3) is 0 Å². The molecule has 1 aliphatic heterocycles. The van der Waals surface area contributed by atoms with Crippen molar-refractivity contribution >= 4 is 5.91 Å². The minimum Gasteiger partial charge on any atom is -0.338 e. The van der Waals surface area contributed by atoms with E-state index in [2.05, 4.69) is 4.90 Å². The highest BCUT2D eigenvalue weighted by atomic mass is 16.2. The van der Waals surface area contributed by atoms with Gasteiger partial charge >= 0.3 is 0 Å². The van der Waals surface area contributed by atoms with Crippen molar-refractivity contribution in [2.45, 2.75) is 57.5 Å². The maximum Gasteiger partial charge on any atom is 0.239 e. The predicted octanol–water partition coefficient (Wildman–Crippen LogP) is 1.51. The molecule has 1 aliphatic carbocycles. The quantitative estimate of drug-likeness (QED) is 0.751. The Bertz CT molecular complexity index is 242. The standard InChI is InChI=1S/C12H22N2O/c1-2-10(13)12(15)14-8-7-9-5-3-4-6-11(9)14/h9-11H,2-8,13H2,1H3/t9?,10-,11?/m0/s1. The second-order valence-electron chi connectivity index (χ2n) is 4.95. The van der Waals surface area contributed by atoms with Crippen molar-refractivity contribution in [3.63, 3.8) is 0 Å². The highest BCUT2D eigenvalue weighted by Gasteiger charge is 2.38. The minimum absolute atomic E-state index is 0.187. The highest BCUT2D eigenvalue weighted by molar-refractivity contribution is 5.82. The topological polar surface area (TPSA) is 46.3 Å². The van der Waals surface area contributed by atoms with Crippen LogP contribution in [0.2, 0.25) is 0 Å². The molecule has 3 heteroatoms. The van der Waals surface area contributed by atoms with Gasteiger partial charge < -0.3 is 10.6 Å². The summed E-state index contributed by atoms with van der Waals surface area (Å²) in [5.74, 6) is 0.957. The van der Waals surface area contributed by atoms with E-state index in [-0.39, 0.29) is 11.9 Å². The van der Waals surface area contributed by atoms with Crippen LogP contribution in [0.1, 0.15) is 45.4 Å². The van der Waals surface area contributed by atoms with E-state index >= 15 is 0 Å². The molecule has 0 radical (unpaired) electrons. The van der Waals surface area contributed by atoms with Crippen LogP contribution in [0.15, 0.2) is 0 Å². The Morgan fingerprint density at radius 3 is 2.87 bits per heavy atom. The largest absolute Gasteiger partial charge is 0.338 e. The van der Waals surface area contributed by atoms with Gasteiger partial charge in [-0.1, -0.05) is 19.8 Å². The van der Waals surface area contributed by atoms with Crippen molar-refractivity contribution in [3.8, 4) is 0 Å². The third-order valence-corrected chi connectivity index (χ3v) is 4.05. The fourth-order valence-corrected chi connectivity index (χ4v) is 3.07. The van der Waals surface area contributed by atoms with Crippen LogP contribution in [-0.4, -0.2) is 29.4 Å². The Balaban J connectivity index is 2.01. The second kappa shape index (κ2) is 4.52. The van der Waals surface area contributed by atoms with E-state index in [9.17, 15) is 4.79 Å². The number of fused-ring (bicyclic) bond motifs is 1. The van der Waals surface area contributed by atoms with Crippen molar-refractivity contribution in [3.05, 3.63) is 0 Å². The molecule has 2 rings (SSSR count). The van der Waals surface area contributed by atoms with Gasteiger partial charge in [-0.2, -0.15) is 0 Å². The zero-order chi connectivity index (χ0) is 10.8. The molecule has 2 N–H and O–H groups in total. The molecule has 1 amide bonds. The number of nitrogens with two attached hydrogens (primary N) is 1. The molecule has 0 aromatic carbocycles. The third-order valence-electron chi connectivity index (χ3n) is 4.05. The summed E-state index contributed by atoms with van der Waals surface area (Å²) in [6.45, 7) is 2.93. The molecule has 15 heavy (non-hydrogen) atoms. The lowest BCUT2D eigenvalue weighted by atomic mass is 9.85. The number of carbonyl (C=O) groups excluding carboxylic acids is 1. The van der Waals surface area contributed by atoms with E-state index in [1.165, 1.54) is 32.1 Å². The van der Waals surface area contributed by atoms with Crippen LogP contribution in [0.25, 0.3) is 0 Å². The summed E-state index contributed by atoms with van der Waals surface area (Å²) in [6, 6.07) is 0.245. The van der Waals surface area contributed by atoms with Crippen LogP contribution in [-0.2, 0) is 4.79 Å². The van der Waals surface area contributed by atoms with Gasteiger partial charge in [0.2, 0.25) is 5.91 Å². The molecule has 0 bridgehead atoms. The van der Waals surface area contributed by atoms with Crippen LogP contribution in [0.3, 0.4) is 0 Å². The van der Waals surface area contributed by atoms with Crippen LogP contribution in [0.5, 0.6) is 0 Å². The fraction of sp³-hybridized carbons (Fsp3) is 0.917. The summed E-state index contributed by atoms with van der Waals surface area (Å²) in [6.07, 6.45) is 7.11. The molecule has 1 heterocycles. The average molecular weight is 210 g/mol. The molecule has 0 spiro atoms. The maximum atomic E-state index is 12.0. The molecule has 2 fully saturated rings. The van der Waals surface area contributed by atoms with E-state index in [0.29, 0.717) is 6.04 Å². The average Bonchev–Trinajstić information content (AvgIpc) is 2.70. The maximum absolute atomic E-state index is 12.0. The molecule has 86 valence electrons. The van der Waals surface area contributed by atoms with Gasteiger partial charge in [-0.25, -0.2) is 0 Å². The van der Waals surface area contributed by atoms with Gasteiger partial charge in [-0.05, 0) is 31.6 Å². The summed E-state index contributed by atoms with van der Waals surface area (Å²) in [4.78, 5) is 14.1. The van der Waals surface area contributed by atoms with E-state index in [4.69, 9.17) is 5.73 Å². The summed E-state index contributed by atoms with van der Waals surface area (Å²) < 4.78 is 0.